The molecule has 0 fully saturated rings. The first-order valence-corrected chi connectivity index (χ1v) is 8.35. The van der Waals surface area contributed by atoms with Crippen LogP contribution in [0.4, 0.5) is 4.39 Å². The van der Waals surface area contributed by atoms with Crippen molar-refractivity contribution in [3.05, 3.63) is 65.6 Å². The Balaban J connectivity index is 2.07. The number of halogens is 1. The minimum absolute atomic E-state index is 0.0962. The highest BCUT2D eigenvalue weighted by molar-refractivity contribution is 7.87. The van der Waals surface area contributed by atoms with Crippen molar-refractivity contribution in [1.82, 2.24) is 4.98 Å². The van der Waals surface area contributed by atoms with E-state index in [1.807, 2.05) is 25.1 Å². The van der Waals surface area contributed by atoms with E-state index < -0.39 is 15.9 Å². The number of rotatable bonds is 3. The van der Waals surface area contributed by atoms with Crippen molar-refractivity contribution in [2.45, 2.75) is 18.7 Å². The van der Waals surface area contributed by atoms with Gasteiger partial charge in [-0.1, -0.05) is 18.2 Å². The first-order chi connectivity index (χ1) is 10.9. The third-order valence-electron chi connectivity index (χ3n) is 3.44. The summed E-state index contributed by atoms with van der Waals surface area (Å²) < 4.78 is 43.4. The van der Waals surface area contributed by atoms with Crippen LogP contribution in [0.1, 0.15) is 11.3 Å². The maximum atomic E-state index is 13.3. The first kappa shape index (κ1) is 15.4. The largest absolute Gasteiger partial charge is 0.377 e. The van der Waals surface area contributed by atoms with Crippen molar-refractivity contribution in [2.24, 2.45) is 0 Å². The highest BCUT2D eigenvalue weighted by Crippen LogP contribution is 2.27. The standard InChI is InChI=1S/C17H14FNO3S/c1-11-10-14(8-9-15(11)18)23(20,21)22-16-5-3-4-13-7-6-12(2)19-17(13)16/h3-10H,1-2H3. The van der Waals surface area contributed by atoms with Crippen molar-refractivity contribution >= 4 is 21.0 Å². The number of nitrogens with zero attached hydrogens (tertiary/aromatic N) is 1. The molecule has 0 amide bonds. The lowest BCUT2D eigenvalue weighted by molar-refractivity contribution is 0.487. The van der Waals surface area contributed by atoms with Gasteiger partial charge >= 0.3 is 10.1 Å². The molecule has 0 saturated carbocycles. The van der Waals surface area contributed by atoms with E-state index in [2.05, 4.69) is 4.98 Å². The number of pyridine rings is 1. The van der Waals surface area contributed by atoms with Crippen LogP contribution in [0, 0.1) is 19.7 Å². The highest BCUT2D eigenvalue weighted by atomic mass is 32.2. The predicted octanol–water partition coefficient (Wildman–Crippen LogP) is 3.76. The Labute approximate surface area is 133 Å². The molecule has 1 heterocycles. The van der Waals surface area contributed by atoms with Crippen molar-refractivity contribution in [1.29, 1.82) is 0 Å². The molecule has 0 radical (unpaired) electrons. The van der Waals surface area contributed by atoms with Crippen LogP contribution in [0.15, 0.2) is 53.4 Å². The maximum Gasteiger partial charge on any atom is 0.339 e. The highest BCUT2D eigenvalue weighted by Gasteiger charge is 2.19. The van der Waals surface area contributed by atoms with E-state index in [4.69, 9.17) is 4.18 Å². The molecule has 0 aliphatic heterocycles. The lowest BCUT2D eigenvalue weighted by atomic mass is 10.2. The SMILES string of the molecule is Cc1ccc2cccc(OS(=O)(=O)c3ccc(F)c(C)c3)c2n1. The summed E-state index contributed by atoms with van der Waals surface area (Å²) in [6.45, 7) is 3.31. The van der Waals surface area contributed by atoms with E-state index >= 15 is 0 Å². The average molecular weight is 331 g/mol. The zero-order valence-electron chi connectivity index (χ0n) is 12.6. The molecule has 0 atom stereocenters. The maximum absolute atomic E-state index is 13.3. The fraction of sp³-hybridized carbons (Fsp3) is 0.118. The van der Waals surface area contributed by atoms with Crippen molar-refractivity contribution < 1.29 is 17.0 Å². The van der Waals surface area contributed by atoms with Gasteiger partial charge in [-0.15, -0.1) is 0 Å². The number of aryl methyl sites for hydroxylation is 2. The molecule has 118 valence electrons. The summed E-state index contributed by atoms with van der Waals surface area (Å²) in [4.78, 5) is 4.24. The van der Waals surface area contributed by atoms with Gasteiger partial charge < -0.3 is 4.18 Å². The number of benzene rings is 2. The fourth-order valence-electron chi connectivity index (χ4n) is 2.22. The molecule has 0 N–H and O–H groups in total. The second-order valence-electron chi connectivity index (χ2n) is 5.23. The van der Waals surface area contributed by atoms with Crippen LogP contribution < -0.4 is 4.18 Å². The normalized spacial score (nSPS) is 11.6. The molecule has 0 saturated heterocycles. The molecule has 3 rings (SSSR count). The molecule has 4 nitrogen and oxygen atoms in total. The van der Waals surface area contributed by atoms with E-state index in [1.165, 1.54) is 19.1 Å². The van der Waals surface area contributed by atoms with Crippen LogP contribution in [-0.2, 0) is 10.1 Å². The Morgan fingerprint density at radius 2 is 1.83 bits per heavy atom. The second kappa shape index (κ2) is 5.62. The van der Waals surface area contributed by atoms with Crippen LogP contribution in [0.5, 0.6) is 5.75 Å². The summed E-state index contributed by atoms with van der Waals surface area (Å²) in [6, 6.07) is 12.3. The van der Waals surface area contributed by atoms with Gasteiger partial charge in [0.25, 0.3) is 0 Å². The van der Waals surface area contributed by atoms with Crippen molar-refractivity contribution in [2.75, 3.05) is 0 Å². The number of hydrogen-bond donors (Lipinski definition) is 0. The molecule has 0 aliphatic carbocycles. The number of aromatic nitrogens is 1. The van der Waals surface area contributed by atoms with Gasteiger partial charge in [-0.3, -0.25) is 0 Å². The lowest BCUT2D eigenvalue weighted by Crippen LogP contribution is -2.10. The Morgan fingerprint density at radius 1 is 1.04 bits per heavy atom. The summed E-state index contributed by atoms with van der Waals surface area (Å²) >= 11 is 0. The van der Waals surface area contributed by atoms with Crippen LogP contribution in [0.2, 0.25) is 0 Å². The summed E-state index contributed by atoms with van der Waals surface area (Å²) in [5, 5.41) is 0.776. The molecule has 2 aromatic carbocycles. The van der Waals surface area contributed by atoms with E-state index in [0.29, 0.717) is 5.52 Å². The van der Waals surface area contributed by atoms with Gasteiger partial charge in [-0.2, -0.15) is 8.42 Å². The van der Waals surface area contributed by atoms with Crippen molar-refractivity contribution in [3.63, 3.8) is 0 Å². The molecule has 1 aromatic heterocycles. The van der Waals surface area contributed by atoms with Gasteiger partial charge in [0.15, 0.2) is 5.75 Å². The van der Waals surface area contributed by atoms with E-state index in [9.17, 15) is 12.8 Å². The third kappa shape index (κ3) is 3.03. The van der Waals surface area contributed by atoms with Gasteiger partial charge in [0, 0.05) is 11.1 Å². The van der Waals surface area contributed by atoms with Gasteiger partial charge in [0.05, 0.1) is 0 Å². The Hall–Kier alpha value is -2.47. The fourth-order valence-corrected chi connectivity index (χ4v) is 3.25. The number of fused-ring (bicyclic) bond motifs is 1. The number of hydrogen-bond acceptors (Lipinski definition) is 4. The van der Waals surface area contributed by atoms with Crippen LogP contribution in [0.25, 0.3) is 10.9 Å². The molecular formula is C17H14FNO3S. The molecule has 0 bridgehead atoms. The molecular weight excluding hydrogens is 317 g/mol. The van der Waals surface area contributed by atoms with E-state index in [0.717, 1.165) is 17.1 Å². The van der Waals surface area contributed by atoms with Crippen LogP contribution in [-0.4, -0.2) is 13.4 Å². The predicted molar refractivity (Wildman–Crippen MR) is 85.4 cm³/mol. The topological polar surface area (TPSA) is 56.3 Å². The molecule has 6 heteroatoms. The monoisotopic (exact) mass is 331 g/mol. The third-order valence-corrected chi connectivity index (χ3v) is 4.67. The molecule has 3 aromatic rings. The Morgan fingerprint density at radius 3 is 2.57 bits per heavy atom. The molecule has 0 spiro atoms. The smallest absolute Gasteiger partial charge is 0.339 e. The van der Waals surface area contributed by atoms with E-state index in [1.54, 1.807) is 12.1 Å². The molecule has 23 heavy (non-hydrogen) atoms. The summed E-state index contributed by atoms with van der Waals surface area (Å²) in [5.74, 6) is -0.320. The van der Waals surface area contributed by atoms with Crippen LogP contribution >= 0.6 is 0 Å². The van der Waals surface area contributed by atoms with Crippen molar-refractivity contribution in [3.8, 4) is 5.75 Å². The van der Waals surface area contributed by atoms with Gasteiger partial charge in [-0.05, 0) is 49.7 Å². The average Bonchev–Trinajstić information content (AvgIpc) is 2.50. The Bertz CT molecular complexity index is 1000. The minimum atomic E-state index is -4.06. The van der Waals surface area contributed by atoms with Gasteiger partial charge in [0.2, 0.25) is 0 Å². The summed E-state index contributed by atoms with van der Waals surface area (Å²) in [7, 11) is -4.06. The second-order valence-corrected chi connectivity index (χ2v) is 6.78. The Kier molecular flexibility index (Phi) is 3.77. The minimum Gasteiger partial charge on any atom is -0.377 e. The summed E-state index contributed by atoms with van der Waals surface area (Å²) in [6.07, 6.45) is 0. The molecule has 0 unspecified atom stereocenters. The zero-order chi connectivity index (χ0) is 16.6. The zero-order valence-corrected chi connectivity index (χ0v) is 13.4. The van der Waals surface area contributed by atoms with Crippen LogP contribution in [0.3, 0.4) is 0 Å². The quantitative estimate of drug-likeness (QED) is 0.686. The first-order valence-electron chi connectivity index (χ1n) is 6.94. The lowest BCUT2D eigenvalue weighted by Gasteiger charge is -2.10. The van der Waals surface area contributed by atoms with E-state index in [-0.39, 0.29) is 16.2 Å². The van der Waals surface area contributed by atoms with Gasteiger partial charge in [0.1, 0.15) is 16.2 Å². The summed E-state index contributed by atoms with van der Waals surface area (Å²) in [5.41, 5.74) is 1.46. The number of para-hydroxylation sites is 1. The van der Waals surface area contributed by atoms with Gasteiger partial charge in [-0.25, -0.2) is 9.37 Å². The molecule has 0 aliphatic rings.